The van der Waals surface area contributed by atoms with Gasteiger partial charge in [-0.1, -0.05) is 43.9 Å². The zero-order valence-corrected chi connectivity index (χ0v) is 16.8. The number of benzene rings is 1. The third-order valence-corrected chi connectivity index (χ3v) is 7.59. The van der Waals surface area contributed by atoms with Gasteiger partial charge in [-0.05, 0) is 43.7 Å². The average Bonchev–Trinajstić information content (AvgIpc) is 2.96. The largest absolute Gasteiger partial charge is 0.370 e. The number of nitrogens with two attached hydrogens (primary N) is 1. The van der Waals surface area contributed by atoms with Gasteiger partial charge < -0.3 is 11.1 Å². The summed E-state index contributed by atoms with van der Waals surface area (Å²) < 4.78 is 26.9. The highest BCUT2D eigenvalue weighted by molar-refractivity contribution is 7.89. The highest BCUT2D eigenvalue weighted by atomic mass is 32.2. The SMILES string of the molecule is NC(=NCC1CCN(S(=O)(=O)c2ccccc2)CC1)NC1CCCCCC1. The van der Waals surface area contributed by atoms with Gasteiger partial charge in [-0.2, -0.15) is 4.31 Å². The first-order valence-electron chi connectivity index (χ1n) is 10.2. The number of hydrogen-bond donors (Lipinski definition) is 2. The van der Waals surface area contributed by atoms with Crippen molar-refractivity contribution in [2.75, 3.05) is 19.6 Å². The van der Waals surface area contributed by atoms with Crippen LogP contribution in [0.1, 0.15) is 51.4 Å². The quantitative estimate of drug-likeness (QED) is 0.458. The van der Waals surface area contributed by atoms with Crippen molar-refractivity contribution in [2.24, 2.45) is 16.6 Å². The minimum absolute atomic E-state index is 0.373. The predicted octanol–water partition coefficient (Wildman–Crippen LogP) is 2.71. The summed E-state index contributed by atoms with van der Waals surface area (Å²) in [5.41, 5.74) is 6.08. The van der Waals surface area contributed by atoms with E-state index in [1.165, 1.54) is 38.5 Å². The zero-order valence-electron chi connectivity index (χ0n) is 16.0. The van der Waals surface area contributed by atoms with Crippen molar-refractivity contribution in [1.82, 2.24) is 9.62 Å². The Kier molecular flexibility index (Phi) is 7.13. The lowest BCUT2D eigenvalue weighted by molar-refractivity contribution is 0.278. The second-order valence-electron chi connectivity index (χ2n) is 7.72. The summed E-state index contributed by atoms with van der Waals surface area (Å²) in [4.78, 5) is 4.91. The molecule has 0 atom stereocenters. The van der Waals surface area contributed by atoms with Crippen LogP contribution < -0.4 is 11.1 Å². The average molecular weight is 393 g/mol. The zero-order chi connectivity index (χ0) is 19.1. The van der Waals surface area contributed by atoms with Crippen molar-refractivity contribution >= 4 is 16.0 Å². The molecule has 0 amide bonds. The molecule has 0 spiro atoms. The number of guanidine groups is 1. The highest BCUT2D eigenvalue weighted by Gasteiger charge is 2.29. The summed E-state index contributed by atoms with van der Waals surface area (Å²) in [6.07, 6.45) is 9.16. The fraction of sp³-hybridized carbons (Fsp3) is 0.650. The van der Waals surface area contributed by atoms with Crippen molar-refractivity contribution < 1.29 is 8.42 Å². The van der Waals surface area contributed by atoms with Gasteiger partial charge in [-0.25, -0.2) is 8.42 Å². The number of nitrogens with zero attached hydrogens (tertiary/aromatic N) is 2. The molecule has 1 saturated heterocycles. The van der Waals surface area contributed by atoms with E-state index in [0.717, 1.165) is 12.8 Å². The van der Waals surface area contributed by atoms with Crippen LogP contribution in [0.4, 0.5) is 0 Å². The number of rotatable bonds is 5. The highest BCUT2D eigenvalue weighted by Crippen LogP contribution is 2.24. The summed E-state index contributed by atoms with van der Waals surface area (Å²) in [6.45, 7) is 1.77. The fourth-order valence-corrected chi connectivity index (χ4v) is 5.47. The van der Waals surface area contributed by atoms with Gasteiger partial charge in [0.1, 0.15) is 0 Å². The summed E-state index contributed by atoms with van der Waals surface area (Å²) in [6, 6.07) is 9.12. The van der Waals surface area contributed by atoms with Crippen LogP contribution >= 0.6 is 0 Å². The molecule has 1 aliphatic carbocycles. The summed E-state index contributed by atoms with van der Waals surface area (Å²) in [7, 11) is -3.38. The number of sulfonamides is 1. The van der Waals surface area contributed by atoms with Crippen molar-refractivity contribution in [3.8, 4) is 0 Å². The Morgan fingerprint density at radius 1 is 1.04 bits per heavy atom. The van der Waals surface area contributed by atoms with E-state index in [1.54, 1.807) is 28.6 Å². The van der Waals surface area contributed by atoms with E-state index in [1.807, 2.05) is 6.07 Å². The Hall–Kier alpha value is -1.60. The molecule has 27 heavy (non-hydrogen) atoms. The first kappa shape index (κ1) is 20.1. The molecule has 1 aromatic rings. The Bertz CT molecular complexity index is 705. The topological polar surface area (TPSA) is 87.8 Å². The van der Waals surface area contributed by atoms with E-state index in [-0.39, 0.29) is 0 Å². The van der Waals surface area contributed by atoms with Crippen LogP contribution in [0.5, 0.6) is 0 Å². The molecule has 1 aliphatic heterocycles. The molecule has 1 aromatic carbocycles. The Morgan fingerprint density at radius 3 is 2.30 bits per heavy atom. The van der Waals surface area contributed by atoms with E-state index in [0.29, 0.717) is 42.4 Å². The molecule has 2 fully saturated rings. The second-order valence-corrected chi connectivity index (χ2v) is 9.66. The molecule has 0 radical (unpaired) electrons. The maximum Gasteiger partial charge on any atom is 0.243 e. The lowest BCUT2D eigenvalue weighted by Crippen LogP contribution is -2.41. The predicted molar refractivity (Wildman–Crippen MR) is 109 cm³/mol. The standard InChI is InChI=1S/C20H32N4O2S/c21-20(23-18-8-4-1-2-5-9-18)22-16-17-12-14-24(15-13-17)27(25,26)19-10-6-3-7-11-19/h3,6-7,10-11,17-18H,1-2,4-5,8-9,12-16H2,(H3,21,22,23). The first-order valence-corrected chi connectivity index (χ1v) is 11.6. The molecule has 1 heterocycles. The monoisotopic (exact) mass is 392 g/mol. The van der Waals surface area contributed by atoms with Crippen LogP contribution in [-0.2, 0) is 10.0 Å². The van der Waals surface area contributed by atoms with E-state index in [4.69, 9.17) is 5.73 Å². The van der Waals surface area contributed by atoms with Crippen molar-refractivity contribution in [2.45, 2.75) is 62.3 Å². The summed E-state index contributed by atoms with van der Waals surface area (Å²) in [5, 5.41) is 3.37. The van der Waals surface area contributed by atoms with Crippen LogP contribution in [0.2, 0.25) is 0 Å². The summed E-state index contributed by atoms with van der Waals surface area (Å²) >= 11 is 0. The lowest BCUT2D eigenvalue weighted by Gasteiger charge is -2.30. The molecule has 3 N–H and O–H groups in total. The minimum atomic E-state index is -3.38. The van der Waals surface area contributed by atoms with Crippen LogP contribution in [-0.4, -0.2) is 44.4 Å². The van der Waals surface area contributed by atoms with Gasteiger partial charge in [0.05, 0.1) is 4.90 Å². The summed E-state index contributed by atoms with van der Waals surface area (Å²) in [5.74, 6) is 0.933. The Balaban J connectivity index is 1.46. The molecule has 3 rings (SSSR count). The van der Waals surface area contributed by atoms with Crippen LogP contribution in [0.25, 0.3) is 0 Å². The smallest absolute Gasteiger partial charge is 0.243 e. The molecule has 6 nitrogen and oxygen atoms in total. The second kappa shape index (κ2) is 9.55. The normalized spacial score (nSPS) is 21.7. The van der Waals surface area contributed by atoms with Crippen LogP contribution in [0, 0.1) is 5.92 Å². The third-order valence-electron chi connectivity index (χ3n) is 5.68. The van der Waals surface area contributed by atoms with E-state index in [2.05, 4.69) is 10.3 Å². The van der Waals surface area contributed by atoms with Crippen LogP contribution in [0.3, 0.4) is 0 Å². The number of hydrogen-bond acceptors (Lipinski definition) is 3. The van der Waals surface area contributed by atoms with Crippen molar-refractivity contribution in [3.05, 3.63) is 30.3 Å². The van der Waals surface area contributed by atoms with Crippen molar-refractivity contribution in [3.63, 3.8) is 0 Å². The Labute approximate surface area is 163 Å². The molecule has 2 aliphatic rings. The number of aliphatic imine (C=N–C) groups is 1. The Morgan fingerprint density at radius 2 is 1.67 bits per heavy atom. The maximum absolute atomic E-state index is 12.7. The van der Waals surface area contributed by atoms with Gasteiger partial charge in [-0.3, -0.25) is 4.99 Å². The van der Waals surface area contributed by atoms with Gasteiger partial charge in [0.15, 0.2) is 5.96 Å². The van der Waals surface area contributed by atoms with E-state index >= 15 is 0 Å². The molecule has 150 valence electrons. The third kappa shape index (κ3) is 5.69. The molecule has 0 bridgehead atoms. The van der Waals surface area contributed by atoms with Gasteiger partial charge in [0.2, 0.25) is 10.0 Å². The van der Waals surface area contributed by atoms with E-state index < -0.39 is 10.0 Å². The molecule has 1 saturated carbocycles. The molecule has 0 aromatic heterocycles. The van der Waals surface area contributed by atoms with Gasteiger partial charge in [0, 0.05) is 25.7 Å². The van der Waals surface area contributed by atoms with Gasteiger partial charge in [-0.15, -0.1) is 0 Å². The molecular weight excluding hydrogens is 360 g/mol. The minimum Gasteiger partial charge on any atom is -0.370 e. The molecular formula is C20H32N4O2S. The van der Waals surface area contributed by atoms with E-state index in [9.17, 15) is 8.42 Å². The van der Waals surface area contributed by atoms with Crippen LogP contribution in [0.15, 0.2) is 40.2 Å². The van der Waals surface area contributed by atoms with Crippen molar-refractivity contribution in [1.29, 1.82) is 0 Å². The molecule has 7 heteroatoms. The number of piperidine rings is 1. The lowest BCUT2D eigenvalue weighted by atomic mass is 9.98. The first-order chi connectivity index (χ1) is 13.1. The molecule has 0 unspecified atom stereocenters. The van der Waals surface area contributed by atoms with Gasteiger partial charge >= 0.3 is 0 Å². The van der Waals surface area contributed by atoms with Gasteiger partial charge in [0.25, 0.3) is 0 Å². The fourth-order valence-electron chi connectivity index (χ4n) is 3.98. The number of nitrogens with one attached hydrogen (secondary N) is 1. The maximum atomic E-state index is 12.7.